The molecule has 1 saturated carbocycles. The smallest absolute Gasteiger partial charge is 0.312 e. The summed E-state index contributed by atoms with van der Waals surface area (Å²) >= 11 is 1.71. The molecule has 0 radical (unpaired) electrons. The number of hydrogen-bond donors (Lipinski definition) is 0. The van der Waals surface area contributed by atoms with Gasteiger partial charge >= 0.3 is 5.97 Å². The monoisotopic (exact) mass is 238 g/mol. The van der Waals surface area contributed by atoms with Crippen LogP contribution in [0.25, 0.3) is 0 Å². The molecule has 0 aromatic carbocycles. The van der Waals surface area contributed by atoms with E-state index < -0.39 is 0 Å². The van der Waals surface area contributed by atoms with Gasteiger partial charge in [-0.25, -0.2) is 0 Å². The van der Waals surface area contributed by atoms with Crippen molar-refractivity contribution in [3.63, 3.8) is 0 Å². The van der Waals surface area contributed by atoms with Crippen molar-refractivity contribution in [3.8, 4) is 0 Å². The topological polar surface area (TPSA) is 35.5 Å². The van der Waals surface area contributed by atoms with E-state index in [1.807, 2.05) is 6.07 Å². The zero-order valence-corrected chi connectivity index (χ0v) is 10.0. The normalized spacial score (nSPS) is 24.6. The zero-order valence-electron chi connectivity index (χ0n) is 9.19. The number of esters is 1. The molecule has 1 aromatic rings. The van der Waals surface area contributed by atoms with Gasteiger partial charge in [-0.3, -0.25) is 4.79 Å². The molecule has 3 nitrogen and oxygen atoms in total. The Morgan fingerprint density at radius 3 is 2.62 bits per heavy atom. The Morgan fingerprint density at radius 1 is 1.50 bits per heavy atom. The second-order valence-electron chi connectivity index (χ2n) is 4.63. The number of methoxy groups -OCH3 is 1. The Labute approximate surface area is 98.4 Å². The molecule has 2 fully saturated rings. The lowest BCUT2D eigenvalue weighted by atomic mass is 9.69. The molecule has 3 rings (SSSR count). The summed E-state index contributed by atoms with van der Waals surface area (Å²) in [5.41, 5.74) is -0.404. The number of carbonyl (C=O) groups excluding carboxylic acids is 1. The summed E-state index contributed by atoms with van der Waals surface area (Å²) in [5.74, 6) is -0.0656. The van der Waals surface area contributed by atoms with E-state index in [1.165, 1.54) is 12.0 Å². The highest BCUT2D eigenvalue weighted by atomic mass is 32.1. The van der Waals surface area contributed by atoms with Crippen molar-refractivity contribution in [2.24, 2.45) is 5.41 Å². The van der Waals surface area contributed by atoms with Crippen molar-refractivity contribution in [3.05, 3.63) is 22.4 Å². The van der Waals surface area contributed by atoms with Crippen LogP contribution in [0, 0.1) is 5.41 Å². The predicted octanol–water partition coefficient (Wildman–Crippen LogP) is 1.97. The summed E-state index contributed by atoms with van der Waals surface area (Å²) in [4.78, 5) is 13.2. The van der Waals surface area contributed by atoms with E-state index in [-0.39, 0.29) is 16.8 Å². The summed E-state index contributed by atoms with van der Waals surface area (Å²) in [7, 11) is 1.48. The molecule has 0 unspecified atom stereocenters. The van der Waals surface area contributed by atoms with Gasteiger partial charge in [0.15, 0.2) is 0 Å². The number of thiophene rings is 1. The Kier molecular flexibility index (Phi) is 2.13. The van der Waals surface area contributed by atoms with Crippen molar-refractivity contribution >= 4 is 17.3 Å². The molecule has 1 saturated heterocycles. The first-order valence-corrected chi connectivity index (χ1v) is 6.33. The van der Waals surface area contributed by atoms with Crippen LogP contribution >= 0.6 is 11.3 Å². The first kappa shape index (κ1) is 10.3. The fourth-order valence-corrected chi connectivity index (χ4v) is 3.71. The Hall–Kier alpha value is -0.870. The van der Waals surface area contributed by atoms with Crippen LogP contribution in [0.5, 0.6) is 0 Å². The van der Waals surface area contributed by atoms with Crippen LogP contribution in [0.1, 0.15) is 17.7 Å². The van der Waals surface area contributed by atoms with E-state index in [9.17, 15) is 4.79 Å². The Bertz CT molecular complexity index is 402. The molecule has 0 bridgehead atoms. The van der Waals surface area contributed by atoms with E-state index in [0.29, 0.717) is 13.2 Å². The summed E-state index contributed by atoms with van der Waals surface area (Å²) < 4.78 is 10.3. The molecule has 1 aliphatic heterocycles. The predicted molar refractivity (Wildman–Crippen MR) is 60.5 cm³/mol. The minimum absolute atomic E-state index is 0.0656. The molecule has 0 amide bonds. The molecule has 1 aliphatic carbocycles. The lowest BCUT2D eigenvalue weighted by molar-refractivity contribution is -0.164. The van der Waals surface area contributed by atoms with E-state index in [0.717, 1.165) is 12.8 Å². The first-order valence-electron chi connectivity index (χ1n) is 5.45. The van der Waals surface area contributed by atoms with Crippen LogP contribution < -0.4 is 0 Å². The van der Waals surface area contributed by atoms with Crippen LogP contribution in [0.4, 0.5) is 0 Å². The molecule has 16 heavy (non-hydrogen) atoms. The molecular formula is C12H14O3S. The summed E-state index contributed by atoms with van der Waals surface area (Å²) in [6.07, 6.45) is 1.86. The van der Waals surface area contributed by atoms with Gasteiger partial charge in [-0.2, -0.15) is 0 Å². The molecule has 2 aliphatic rings. The van der Waals surface area contributed by atoms with Gasteiger partial charge in [0.2, 0.25) is 0 Å². The Balaban J connectivity index is 2.00. The average molecular weight is 238 g/mol. The lowest BCUT2D eigenvalue weighted by Crippen LogP contribution is -2.56. The van der Waals surface area contributed by atoms with Gasteiger partial charge < -0.3 is 9.47 Å². The fraction of sp³-hybridized carbons (Fsp3) is 0.583. The molecule has 0 atom stereocenters. The van der Waals surface area contributed by atoms with Gasteiger partial charge in [0.25, 0.3) is 0 Å². The number of rotatable bonds is 3. The van der Waals surface area contributed by atoms with Gasteiger partial charge in [-0.1, -0.05) is 6.07 Å². The maximum atomic E-state index is 12.0. The quantitative estimate of drug-likeness (QED) is 0.755. The minimum atomic E-state index is -0.301. The van der Waals surface area contributed by atoms with Crippen LogP contribution in [0.3, 0.4) is 0 Å². The second kappa shape index (κ2) is 3.31. The maximum absolute atomic E-state index is 12.0. The molecule has 0 spiro atoms. The third-order valence-corrected chi connectivity index (χ3v) is 5.01. The van der Waals surface area contributed by atoms with E-state index >= 15 is 0 Å². The third-order valence-electron chi connectivity index (χ3n) is 3.93. The zero-order chi connectivity index (χ0) is 11.2. The summed E-state index contributed by atoms with van der Waals surface area (Å²) in [6.45, 7) is 1.31. The fourth-order valence-electron chi connectivity index (χ4n) is 2.71. The number of hydrogen-bond acceptors (Lipinski definition) is 4. The van der Waals surface area contributed by atoms with Crippen molar-refractivity contribution in [2.75, 3.05) is 20.3 Å². The molecular weight excluding hydrogens is 224 g/mol. The standard InChI is InChI=1S/C12H14O3S/c1-14-10(13)11(4-5-11)12(7-15-8-12)9-3-2-6-16-9/h2-3,6H,4-5,7-8H2,1H3. The van der Waals surface area contributed by atoms with Crippen molar-refractivity contribution in [1.29, 1.82) is 0 Å². The number of carbonyl (C=O) groups is 1. The van der Waals surface area contributed by atoms with Crippen LogP contribution in [0.2, 0.25) is 0 Å². The SMILES string of the molecule is COC(=O)C1(C2(c3cccs3)COC2)CC1. The minimum Gasteiger partial charge on any atom is -0.469 e. The molecule has 86 valence electrons. The molecule has 2 heterocycles. The van der Waals surface area contributed by atoms with Crippen molar-refractivity contribution < 1.29 is 14.3 Å². The highest BCUT2D eigenvalue weighted by Crippen LogP contribution is 2.63. The average Bonchev–Trinajstić information content (AvgIpc) is 2.85. The lowest BCUT2D eigenvalue weighted by Gasteiger charge is -2.46. The van der Waals surface area contributed by atoms with Crippen LogP contribution in [-0.2, 0) is 19.7 Å². The van der Waals surface area contributed by atoms with Gasteiger partial charge in [0.1, 0.15) is 0 Å². The van der Waals surface area contributed by atoms with Gasteiger partial charge in [-0.15, -0.1) is 11.3 Å². The van der Waals surface area contributed by atoms with Crippen molar-refractivity contribution in [2.45, 2.75) is 18.3 Å². The molecule has 0 N–H and O–H groups in total. The number of ether oxygens (including phenoxy) is 2. The first-order chi connectivity index (χ1) is 7.75. The maximum Gasteiger partial charge on any atom is 0.312 e. The van der Waals surface area contributed by atoms with Gasteiger partial charge in [0, 0.05) is 4.88 Å². The van der Waals surface area contributed by atoms with E-state index in [2.05, 4.69) is 11.4 Å². The van der Waals surface area contributed by atoms with E-state index in [1.54, 1.807) is 11.3 Å². The molecule has 1 aromatic heterocycles. The highest BCUT2D eigenvalue weighted by Gasteiger charge is 2.69. The summed E-state index contributed by atoms with van der Waals surface area (Å²) in [6, 6.07) is 4.14. The largest absolute Gasteiger partial charge is 0.469 e. The van der Waals surface area contributed by atoms with E-state index in [4.69, 9.17) is 9.47 Å². The highest BCUT2D eigenvalue weighted by molar-refractivity contribution is 7.10. The van der Waals surface area contributed by atoms with Gasteiger partial charge in [-0.05, 0) is 24.3 Å². The summed E-state index contributed by atoms with van der Waals surface area (Å²) in [5, 5.41) is 2.06. The Morgan fingerprint density at radius 2 is 2.25 bits per heavy atom. The van der Waals surface area contributed by atoms with Crippen molar-refractivity contribution in [1.82, 2.24) is 0 Å². The van der Waals surface area contributed by atoms with Gasteiger partial charge in [0.05, 0.1) is 31.2 Å². The van der Waals surface area contributed by atoms with Crippen LogP contribution in [0.15, 0.2) is 17.5 Å². The molecule has 4 heteroatoms. The van der Waals surface area contributed by atoms with Crippen LogP contribution in [-0.4, -0.2) is 26.3 Å². The second-order valence-corrected chi connectivity index (χ2v) is 5.57. The third kappa shape index (κ3) is 1.09.